The van der Waals surface area contributed by atoms with Gasteiger partial charge in [-0.2, -0.15) is 0 Å². The molecule has 0 saturated heterocycles. The lowest BCUT2D eigenvalue weighted by Crippen LogP contribution is -2.09. The Morgan fingerprint density at radius 2 is 2.27 bits per heavy atom. The van der Waals surface area contributed by atoms with Gasteiger partial charge >= 0.3 is 0 Å². The molecule has 0 unspecified atom stereocenters. The molecule has 0 aliphatic heterocycles. The van der Waals surface area contributed by atoms with Crippen LogP contribution in [0.25, 0.3) is 5.70 Å². The van der Waals surface area contributed by atoms with Crippen LogP contribution in [-0.2, 0) is 6.42 Å². The zero-order chi connectivity index (χ0) is 10.7. The fourth-order valence-electron chi connectivity index (χ4n) is 1.93. The van der Waals surface area contributed by atoms with Gasteiger partial charge in [-0.1, -0.05) is 12.1 Å². The van der Waals surface area contributed by atoms with E-state index in [4.69, 9.17) is 4.74 Å². The Hall–Kier alpha value is -1.44. The lowest BCUT2D eigenvalue weighted by atomic mass is 9.94. The summed E-state index contributed by atoms with van der Waals surface area (Å²) in [6, 6.07) is 6.25. The van der Waals surface area contributed by atoms with Crippen molar-refractivity contribution in [1.29, 1.82) is 0 Å². The second-order valence-corrected chi connectivity index (χ2v) is 3.63. The van der Waals surface area contributed by atoms with E-state index >= 15 is 0 Å². The van der Waals surface area contributed by atoms with Crippen molar-refractivity contribution in [3.8, 4) is 5.75 Å². The van der Waals surface area contributed by atoms with E-state index in [-0.39, 0.29) is 0 Å². The molecule has 1 aliphatic carbocycles. The highest BCUT2D eigenvalue weighted by atomic mass is 16.5. The van der Waals surface area contributed by atoms with Gasteiger partial charge in [-0.05, 0) is 37.5 Å². The maximum Gasteiger partial charge on any atom is 0.119 e. The van der Waals surface area contributed by atoms with Gasteiger partial charge in [0.1, 0.15) is 5.75 Å². The number of ether oxygens (including phenoxy) is 1. The number of nitrogens with zero attached hydrogens (tertiary/aromatic N) is 1. The van der Waals surface area contributed by atoms with Crippen molar-refractivity contribution in [3.05, 3.63) is 35.4 Å². The summed E-state index contributed by atoms with van der Waals surface area (Å²) in [6.07, 6.45) is 4.42. The second kappa shape index (κ2) is 4.39. The molecular formula is C13H16NO. The fraction of sp³-hybridized carbons (Fsp3) is 0.385. The molecule has 0 saturated carbocycles. The van der Waals surface area contributed by atoms with E-state index in [1.165, 1.54) is 11.1 Å². The van der Waals surface area contributed by atoms with Crippen LogP contribution in [-0.4, -0.2) is 13.7 Å². The van der Waals surface area contributed by atoms with Gasteiger partial charge in [-0.3, -0.25) is 5.32 Å². The molecule has 0 spiro atoms. The minimum atomic E-state index is 0.836. The third-order valence-electron chi connectivity index (χ3n) is 2.67. The summed E-state index contributed by atoms with van der Waals surface area (Å²) < 4.78 is 5.24. The number of methoxy groups -OCH3 is 1. The molecule has 0 N–H and O–H groups in total. The third kappa shape index (κ3) is 1.99. The Kier molecular flexibility index (Phi) is 2.95. The number of aryl methyl sites for hydroxylation is 1. The van der Waals surface area contributed by atoms with E-state index in [1.807, 2.05) is 6.07 Å². The Morgan fingerprint density at radius 1 is 1.40 bits per heavy atom. The molecule has 0 fully saturated rings. The number of allylic oxidation sites excluding steroid dienone is 1. The molecule has 2 heteroatoms. The maximum atomic E-state index is 5.24. The van der Waals surface area contributed by atoms with Crippen molar-refractivity contribution in [2.24, 2.45) is 0 Å². The monoisotopic (exact) mass is 202 g/mol. The van der Waals surface area contributed by atoms with Gasteiger partial charge in [0.2, 0.25) is 0 Å². The average Bonchev–Trinajstić information content (AvgIpc) is 2.29. The molecule has 15 heavy (non-hydrogen) atoms. The molecule has 79 valence electrons. The first kappa shape index (κ1) is 10.1. The van der Waals surface area contributed by atoms with Crippen LogP contribution < -0.4 is 10.1 Å². The average molecular weight is 202 g/mol. The first-order valence-corrected chi connectivity index (χ1v) is 5.40. The topological polar surface area (TPSA) is 23.3 Å². The first-order chi connectivity index (χ1) is 7.35. The fourth-order valence-corrected chi connectivity index (χ4v) is 1.93. The van der Waals surface area contributed by atoms with Gasteiger partial charge < -0.3 is 4.74 Å². The largest absolute Gasteiger partial charge is 0.497 e. The molecule has 2 rings (SSSR count). The van der Waals surface area contributed by atoms with Crippen LogP contribution in [0.1, 0.15) is 24.5 Å². The number of fused-ring (bicyclic) bond motifs is 1. The highest BCUT2D eigenvalue weighted by Crippen LogP contribution is 2.28. The summed E-state index contributed by atoms with van der Waals surface area (Å²) >= 11 is 0. The normalized spacial score (nSPS) is 14.1. The molecule has 1 aromatic carbocycles. The van der Waals surface area contributed by atoms with Crippen molar-refractivity contribution in [1.82, 2.24) is 5.32 Å². The van der Waals surface area contributed by atoms with Gasteiger partial charge in [0.15, 0.2) is 0 Å². The molecule has 0 bridgehead atoms. The van der Waals surface area contributed by atoms with Gasteiger partial charge in [-0.25, -0.2) is 0 Å². The summed E-state index contributed by atoms with van der Waals surface area (Å²) in [4.78, 5) is 0. The van der Waals surface area contributed by atoms with Crippen molar-refractivity contribution in [2.45, 2.75) is 19.8 Å². The quantitative estimate of drug-likeness (QED) is 0.739. The predicted molar refractivity (Wildman–Crippen MR) is 62.0 cm³/mol. The van der Waals surface area contributed by atoms with Crippen molar-refractivity contribution in [2.75, 3.05) is 13.7 Å². The molecule has 0 atom stereocenters. The predicted octanol–water partition coefficient (Wildman–Crippen LogP) is 2.61. The van der Waals surface area contributed by atoms with Crippen LogP contribution in [0.15, 0.2) is 24.3 Å². The van der Waals surface area contributed by atoms with Crippen LogP contribution in [0.5, 0.6) is 5.75 Å². The second-order valence-electron chi connectivity index (χ2n) is 3.63. The summed E-state index contributed by atoms with van der Waals surface area (Å²) in [7, 11) is 1.70. The highest BCUT2D eigenvalue weighted by Gasteiger charge is 2.13. The van der Waals surface area contributed by atoms with Gasteiger partial charge in [0.05, 0.1) is 12.8 Å². The van der Waals surface area contributed by atoms with Crippen LogP contribution in [0.4, 0.5) is 0 Å². The van der Waals surface area contributed by atoms with E-state index in [1.54, 1.807) is 7.11 Å². The number of hydrogen-bond acceptors (Lipinski definition) is 1. The Bertz CT molecular complexity index is 382. The van der Waals surface area contributed by atoms with Gasteiger partial charge in [0, 0.05) is 12.1 Å². The lowest BCUT2D eigenvalue weighted by molar-refractivity contribution is 0.414. The smallest absolute Gasteiger partial charge is 0.119 e. The Labute approximate surface area is 91.0 Å². The molecule has 1 radical (unpaired) electrons. The van der Waals surface area contributed by atoms with E-state index in [2.05, 4.69) is 30.4 Å². The lowest BCUT2D eigenvalue weighted by Gasteiger charge is -2.17. The van der Waals surface area contributed by atoms with E-state index < -0.39 is 0 Å². The maximum absolute atomic E-state index is 5.24. The SMILES string of the molecule is CC[N]C1=CCCc2ccc(OC)cc21. The zero-order valence-corrected chi connectivity index (χ0v) is 9.29. The minimum Gasteiger partial charge on any atom is -0.497 e. The molecule has 0 amide bonds. The third-order valence-corrected chi connectivity index (χ3v) is 2.67. The van der Waals surface area contributed by atoms with Crippen LogP contribution >= 0.6 is 0 Å². The number of hydrogen-bond donors (Lipinski definition) is 0. The van der Waals surface area contributed by atoms with Crippen molar-refractivity contribution in [3.63, 3.8) is 0 Å². The molecule has 0 heterocycles. The van der Waals surface area contributed by atoms with Crippen molar-refractivity contribution < 1.29 is 4.74 Å². The van der Waals surface area contributed by atoms with Gasteiger partial charge in [0.25, 0.3) is 0 Å². The molecule has 1 aromatic rings. The standard InChI is InChI=1S/C13H16NO/c1-3-14-13-6-4-5-10-7-8-11(15-2)9-12(10)13/h6-9H,3-5H2,1-2H3. The van der Waals surface area contributed by atoms with E-state index in [0.717, 1.165) is 30.8 Å². The molecule has 1 aliphatic rings. The molecule has 0 aromatic heterocycles. The van der Waals surface area contributed by atoms with E-state index in [0.29, 0.717) is 0 Å². The van der Waals surface area contributed by atoms with Crippen LogP contribution in [0, 0.1) is 0 Å². The minimum absolute atomic E-state index is 0.836. The summed E-state index contributed by atoms with van der Waals surface area (Å²) in [5, 5.41) is 4.51. The molecule has 2 nitrogen and oxygen atoms in total. The summed E-state index contributed by atoms with van der Waals surface area (Å²) in [6.45, 7) is 2.90. The van der Waals surface area contributed by atoms with Crippen LogP contribution in [0.3, 0.4) is 0 Å². The molecular weight excluding hydrogens is 186 g/mol. The van der Waals surface area contributed by atoms with Crippen molar-refractivity contribution >= 4 is 5.70 Å². The van der Waals surface area contributed by atoms with Gasteiger partial charge in [-0.15, -0.1) is 0 Å². The zero-order valence-electron chi connectivity index (χ0n) is 9.29. The number of rotatable bonds is 3. The Balaban J connectivity index is 2.38. The summed E-state index contributed by atoms with van der Waals surface area (Å²) in [5.41, 5.74) is 3.74. The number of benzene rings is 1. The summed E-state index contributed by atoms with van der Waals surface area (Å²) in [5.74, 6) is 0.910. The highest BCUT2D eigenvalue weighted by molar-refractivity contribution is 5.69. The van der Waals surface area contributed by atoms with E-state index in [9.17, 15) is 0 Å². The van der Waals surface area contributed by atoms with Crippen LogP contribution in [0.2, 0.25) is 0 Å². The first-order valence-electron chi connectivity index (χ1n) is 5.40. The Morgan fingerprint density at radius 3 is 3.00 bits per heavy atom.